The number of nitrogens with one attached hydrogen (secondary N) is 1. The number of nitrogens with two attached hydrogens (primary N) is 1. The van der Waals surface area contributed by atoms with E-state index >= 15 is 0 Å². The molecule has 2 rings (SSSR count). The lowest BCUT2D eigenvalue weighted by Gasteiger charge is -2.14. The van der Waals surface area contributed by atoms with E-state index in [1.54, 1.807) is 31.6 Å². The van der Waals surface area contributed by atoms with Gasteiger partial charge in [-0.25, -0.2) is 4.98 Å². The van der Waals surface area contributed by atoms with Gasteiger partial charge in [-0.05, 0) is 12.1 Å². The number of anilines is 1. The summed E-state index contributed by atoms with van der Waals surface area (Å²) in [4.78, 5) is 20.4. The Morgan fingerprint density at radius 1 is 1.47 bits per heavy atom. The van der Waals surface area contributed by atoms with Gasteiger partial charge in [-0.2, -0.15) is 0 Å². The molecule has 0 aliphatic rings. The second kappa shape index (κ2) is 4.60. The zero-order valence-corrected chi connectivity index (χ0v) is 9.29. The van der Waals surface area contributed by atoms with Crippen LogP contribution in [0.4, 0.5) is 5.82 Å². The van der Waals surface area contributed by atoms with E-state index in [9.17, 15) is 4.79 Å². The number of H-pyrrole nitrogens is 1. The molecule has 0 unspecified atom stereocenters. The van der Waals surface area contributed by atoms with Crippen molar-refractivity contribution in [2.75, 3.05) is 12.8 Å². The van der Waals surface area contributed by atoms with Gasteiger partial charge in [-0.15, -0.1) is 10.2 Å². The Hall–Kier alpha value is -2.44. The maximum Gasteiger partial charge on any atom is 0.274 e. The minimum atomic E-state index is -0.228. The number of carbonyl (C=O) groups excluding carboxylic acids is 1. The molecule has 0 atom stereocenters. The summed E-state index contributed by atoms with van der Waals surface area (Å²) in [5.74, 6) is 0.772. The minimum Gasteiger partial charge on any atom is -0.382 e. The molecule has 0 bridgehead atoms. The van der Waals surface area contributed by atoms with E-state index in [2.05, 4.69) is 20.2 Å². The first kappa shape index (κ1) is 11.1. The number of nitrogen functional groups attached to an aromatic ring is 1. The molecule has 3 N–H and O–H groups in total. The lowest BCUT2D eigenvalue weighted by Crippen LogP contribution is -2.27. The quantitative estimate of drug-likeness (QED) is 0.778. The van der Waals surface area contributed by atoms with Crippen molar-refractivity contribution in [1.82, 2.24) is 25.1 Å². The molecule has 0 radical (unpaired) electrons. The molecular formula is C10H12N6O. The van der Waals surface area contributed by atoms with Crippen molar-refractivity contribution in [3.63, 3.8) is 0 Å². The number of carbonyl (C=O) groups is 1. The van der Waals surface area contributed by atoms with Crippen LogP contribution in [0.1, 0.15) is 16.3 Å². The van der Waals surface area contributed by atoms with E-state index in [4.69, 9.17) is 5.73 Å². The summed E-state index contributed by atoms with van der Waals surface area (Å²) in [6.07, 6.45) is 3.34. The van der Waals surface area contributed by atoms with Crippen LogP contribution >= 0.6 is 0 Å². The van der Waals surface area contributed by atoms with E-state index in [-0.39, 0.29) is 17.4 Å². The van der Waals surface area contributed by atoms with Crippen molar-refractivity contribution >= 4 is 11.7 Å². The Kier molecular flexibility index (Phi) is 2.99. The summed E-state index contributed by atoms with van der Waals surface area (Å²) in [6.45, 7) is 0.387. The third-order valence-corrected chi connectivity index (χ3v) is 2.19. The fourth-order valence-corrected chi connectivity index (χ4v) is 1.33. The van der Waals surface area contributed by atoms with E-state index in [0.717, 1.165) is 0 Å². The maximum atomic E-state index is 11.9. The van der Waals surface area contributed by atoms with Gasteiger partial charge in [-0.3, -0.25) is 4.79 Å². The van der Waals surface area contributed by atoms with Crippen molar-refractivity contribution in [3.05, 3.63) is 36.0 Å². The first-order chi connectivity index (χ1) is 8.16. The van der Waals surface area contributed by atoms with Gasteiger partial charge in [0.1, 0.15) is 11.6 Å². The summed E-state index contributed by atoms with van der Waals surface area (Å²) in [5.41, 5.74) is 5.66. The monoisotopic (exact) mass is 232 g/mol. The van der Waals surface area contributed by atoms with Crippen LogP contribution in [0.25, 0.3) is 0 Å². The molecule has 88 valence electrons. The van der Waals surface area contributed by atoms with Gasteiger partial charge < -0.3 is 15.6 Å². The molecule has 2 heterocycles. The number of nitrogens with zero attached hydrogens (tertiary/aromatic N) is 4. The number of hydrogen-bond donors (Lipinski definition) is 2. The third kappa shape index (κ3) is 2.57. The Bertz CT molecular complexity index is 492. The minimum absolute atomic E-state index is 0.228. The smallest absolute Gasteiger partial charge is 0.274 e. The molecule has 0 aliphatic carbocycles. The SMILES string of the molecule is CN(Cc1ncc[nH]1)C(=O)c1ccc(N)nn1. The van der Waals surface area contributed by atoms with Crippen LogP contribution in [0, 0.1) is 0 Å². The van der Waals surface area contributed by atoms with Gasteiger partial charge in [0.25, 0.3) is 5.91 Å². The van der Waals surface area contributed by atoms with Crippen LogP contribution < -0.4 is 5.73 Å². The molecule has 2 aromatic heterocycles. The average molecular weight is 232 g/mol. The average Bonchev–Trinajstić information content (AvgIpc) is 2.82. The van der Waals surface area contributed by atoms with Crippen molar-refractivity contribution < 1.29 is 4.79 Å². The molecule has 0 fully saturated rings. The molecule has 0 saturated carbocycles. The van der Waals surface area contributed by atoms with Crippen molar-refractivity contribution in [3.8, 4) is 0 Å². The van der Waals surface area contributed by atoms with Crippen LogP contribution in [-0.2, 0) is 6.54 Å². The highest BCUT2D eigenvalue weighted by Crippen LogP contribution is 2.03. The van der Waals surface area contributed by atoms with Gasteiger partial charge >= 0.3 is 0 Å². The zero-order chi connectivity index (χ0) is 12.3. The summed E-state index contributed by atoms with van der Waals surface area (Å²) in [5, 5.41) is 7.37. The summed E-state index contributed by atoms with van der Waals surface area (Å²) in [7, 11) is 1.67. The standard InChI is InChI=1S/C10H12N6O/c1-16(6-9-12-4-5-13-9)10(17)7-2-3-8(11)15-14-7/h2-5H,6H2,1H3,(H2,11,15)(H,12,13). The number of aromatic amines is 1. The van der Waals surface area contributed by atoms with Crippen molar-refractivity contribution in [2.24, 2.45) is 0 Å². The van der Waals surface area contributed by atoms with Gasteiger partial charge in [0, 0.05) is 19.4 Å². The van der Waals surface area contributed by atoms with Gasteiger partial charge in [0.05, 0.1) is 6.54 Å². The first-order valence-electron chi connectivity index (χ1n) is 5.00. The fraction of sp³-hybridized carbons (Fsp3) is 0.200. The highest BCUT2D eigenvalue weighted by atomic mass is 16.2. The molecule has 0 spiro atoms. The number of imidazole rings is 1. The summed E-state index contributed by atoms with van der Waals surface area (Å²) >= 11 is 0. The van der Waals surface area contributed by atoms with Crippen molar-refractivity contribution in [2.45, 2.75) is 6.54 Å². The molecule has 7 heteroatoms. The lowest BCUT2D eigenvalue weighted by molar-refractivity contribution is 0.0775. The van der Waals surface area contributed by atoms with E-state index in [1.807, 2.05) is 0 Å². The van der Waals surface area contributed by atoms with E-state index in [1.165, 1.54) is 4.90 Å². The maximum absolute atomic E-state index is 11.9. The molecular weight excluding hydrogens is 220 g/mol. The van der Waals surface area contributed by atoms with Gasteiger partial charge in [-0.1, -0.05) is 0 Å². The van der Waals surface area contributed by atoms with Gasteiger partial charge in [0.2, 0.25) is 0 Å². The lowest BCUT2D eigenvalue weighted by atomic mass is 10.3. The first-order valence-corrected chi connectivity index (χ1v) is 5.00. The Labute approximate surface area is 97.7 Å². The second-order valence-corrected chi connectivity index (χ2v) is 3.54. The zero-order valence-electron chi connectivity index (χ0n) is 9.29. The van der Waals surface area contributed by atoms with Crippen LogP contribution in [0.3, 0.4) is 0 Å². The summed E-state index contributed by atoms with van der Waals surface area (Å²) in [6, 6.07) is 3.09. The predicted octanol–water partition coefficient (Wildman–Crippen LogP) is 0.0541. The molecule has 0 aliphatic heterocycles. The molecule has 1 amide bonds. The highest BCUT2D eigenvalue weighted by molar-refractivity contribution is 5.91. The van der Waals surface area contributed by atoms with Crippen molar-refractivity contribution in [1.29, 1.82) is 0 Å². The third-order valence-electron chi connectivity index (χ3n) is 2.19. The van der Waals surface area contributed by atoms with E-state index in [0.29, 0.717) is 12.4 Å². The number of amides is 1. The number of aromatic nitrogens is 4. The molecule has 0 aromatic carbocycles. The molecule has 2 aromatic rings. The second-order valence-electron chi connectivity index (χ2n) is 3.54. The fourth-order valence-electron chi connectivity index (χ4n) is 1.33. The number of rotatable bonds is 3. The topological polar surface area (TPSA) is 101 Å². The summed E-state index contributed by atoms with van der Waals surface area (Å²) < 4.78 is 0. The van der Waals surface area contributed by atoms with Gasteiger partial charge in [0.15, 0.2) is 5.69 Å². The Balaban J connectivity index is 2.07. The van der Waals surface area contributed by atoms with Crippen LogP contribution in [0.2, 0.25) is 0 Å². The van der Waals surface area contributed by atoms with E-state index < -0.39 is 0 Å². The highest BCUT2D eigenvalue weighted by Gasteiger charge is 2.14. The Morgan fingerprint density at radius 2 is 2.29 bits per heavy atom. The van der Waals surface area contributed by atoms with Crippen LogP contribution in [0.5, 0.6) is 0 Å². The predicted molar refractivity (Wildman–Crippen MR) is 60.8 cm³/mol. The van der Waals surface area contributed by atoms with Crippen LogP contribution in [-0.4, -0.2) is 38.0 Å². The molecule has 7 nitrogen and oxygen atoms in total. The Morgan fingerprint density at radius 3 is 2.88 bits per heavy atom. The van der Waals surface area contributed by atoms with Crippen LogP contribution in [0.15, 0.2) is 24.5 Å². The normalized spacial score (nSPS) is 10.2. The number of hydrogen-bond acceptors (Lipinski definition) is 5. The molecule has 0 saturated heterocycles. The molecule has 17 heavy (non-hydrogen) atoms. The largest absolute Gasteiger partial charge is 0.382 e.